The molecule has 0 radical (unpaired) electrons. The smallest absolute Gasteiger partial charge is 0.353 e. The van der Waals surface area contributed by atoms with E-state index >= 15 is 0 Å². The second kappa shape index (κ2) is 4.25. The van der Waals surface area contributed by atoms with Crippen molar-refractivity contribution in [1.82, 2.24) is 5.32 Å². The molecule has 0 rings (SSSR count). The fourth-order valence-corrected chi connectivity index (χ4v) is 1.05. The van der Waals surface area contributed by atoms with Crippen LogP contribution in [0.1, 0.15) is 0 Å². The third-order valence-electron chi connectivity index (χ3n) is 0.617. The minimum Gasteiger partial charge on any atom is -0.353 e. The maximum Gasteiger partial charge on any atom is 0.354 e. The van der Waals surface area contributed by atoms with Gasteiger partial charge >= 0.3 is 16.3 Å². The van der Waals surface area contributed by atoms with Crippen molar-refractivity contribution in [2.24, 2.45) is 0 Å². The van der Waals surface area contributed by atoms with Crippen LogP contribution in [0.3, 0.4) is 0 Å². The number of hydrogen-bond donors (Lipinski definition) is 1. The van der Waals surface area contributed by atoms with Gasteiger partial charge in [0.05, 0.1) is 0 Å². The van der Waals surface area contributed by atoms with Crippen molar-refractivity contribution in [2.45, 2.75) is 9.29 Å². The molecule has 1 amide bonds. The first-order chi connectivity index (χ1) is 4.34. The molecule has 0 aromatic carbocycles. The summed E-state index contributed by atoms with van der Waals surface area (Å²) in [5.41, 5.74) is -0.956. The second-order valence-electron chi connectivity index (χ2n) is 1.60. The predicted molar refractivity (Wildman–Crippen MR) is 47.0 cm³/mol. The number of rotatable bonds is 1. The van der Waals surface area contributed by atoms with Gasteiger partial charge in [-0.25, -0.2) is 0 Å². The Morgan fingerprint density at radius 1 is 1.50 bits per heavy atom. The van der Waals surface area contributed by atoms with E-state index in [1.807, 2.05) is 0 Å². The van der Waals surface area contributed by atoms with Crippen LogP contribution in [0.25, 0.3) is 0 Å². The van der Waals surface area contributed by atoms with Crippen molar-refractivity contribution >= 4 is 67.5 Å². The molecule has 7 heteroatoms. The standard InChI is InChI=1S/C3H2Cl4NO.Al.2H/c4-2(8-1-9)3(5,6)7;;;/h2H,(H,8,9);;;. The van der Waals surface area contributed by atoms with Crippen LogP contribution in [0.5, 0.6) is 0 Å². The van der Waals surface area contributed by atoms with Crippen molar-refractivity contribution in [2.75, 3.05) is 0 Å². The zero-order valence-corrected chi connectivity index (χ0v) is 10.0. The molecule has 2 nitrogen and oxygen atoms in total. The van der Waals surface area contributed by atoms with E-state index in [1.165, 1.54) is 0 Å². The average Bonchev–Trinajstić information content (AvgIpc) is 1.60. The quantitative estimate of drug-likeness (QED) is 0.416. The lowest BCUT2D eigenvalue weighted by atomic mass is 10.7. The summed E-state index contributed by atoms with van der Waals surface area (Å²) in [4.78, 5) is 10.4. The SMILES string of the molecule is O=[C]([AlH2])NC(Cl)C(Cl)(Cl)Cl. The van der Waals surface area contributed by atoms with E-state index < -0.39 is 9.29 Å². The third kappa shape index (κ3) is 4.90. The van der Waals surface area contributed by atoms with Gasteiger partial charge in [0.25, 0.3) is 0 Å². The number of carbonyl (C=O) groups is 1. The van der Waals surface area contributed by atoms with Crippen LogP contribution >= 0.6 is 46.4 Å². The molecule has 0 aliphatic rings. The Bertz CT molecular complexity index is 135. The Morgan fingerprint density at radius 3 is 2.00 bits per heavy atom. The summed E-state index contributed by atoms with van der Waals surface area (Å²) in [6, 6.07) is 0. The highest BCUT2D eigenvalue weighted by atomic mass is 35.6. The van der Waals surface area contributed by atoms with Gasteiger partial charge in [-0.15, -0.1) is 0 Å². The molecule has 0 aliphatic heterocycles. The van der Waals surface area contributed by atoms with Crippen molar-refractivity contribution in [1.29, 1.82) is 0 Å². The Labute approximate surface area is 86.6 Å². The number of nitrogens with one attached hydrogen (secondary N) is 1. The highest BCUT2D eigenvalue weighted by Gasteiger charge is 2.30. The lowest BCUT2D eigenvalue weighted by Gasteiger charge is -2.18. The second-order valence-corrected chi connectivity index (χ2v) is 5.32. The third-order valence-corrected chi connectivity index (χ3v) is 2.33. The molecule has 1 N–H and O–H groups in total. The van der Waals surface area contributed by atoms with E-state index in [-0.39, 0.29) is 4.77 Å². The first-order valence-corrected chi connectivity index (χ1v) is 4.89. The van der Waals surface area contributed by atoms with Crippen LogP contribution in [0, 0.1) is 0 Å². The number of alkyl halides is 4. The van der Waals surface area contributed by atoms with Crippen molar-refractivity contribution in [3.05, 3.63) is 0 Å². The first-order valence-electron chi connectivity index (χ1n) is 2.32. The maximum absolute atomic E-state index is 10.4. The Hall–Kier alpha value is 1.16. The Kier molecular flexibility index (Phi) is 4.75. The van der Waals surface area contributed by atoms with Gasteiger partial charge < -0.3 is 5.32 Å². The number of hydrogen-bond acceptors (Lipinski definition) is 1. The van der Waals surface area contributed by atoms with Gasteiger partial charge in [0.2, 0.25) is 3.79 Å². The summed E-state index contributed by atoms with van der Waals surface area (Å²) in [5.74, 6) is 0. The van der Waals surface area contributed by atoms with Crippen LogP contribution in [0.2, 0.25) is 0 Å². The molecular weight excluding hydrogens is 235 g/mol. The molecule has 0 saturated carbocycles. The molecule has 58 valence electrons. The normalized spacial score (nSPS) is 14.4. The van der Waals surface area contributed by atoms with Gasteiger partial charge in [-0.2, -0.15) is 0 Å². The van der Waals surface area contributed by atoms with Crippen LogP contribution in [0.15, 0.2) is 0 Å². The van der Waals surface area contributed by atoms with E-state index in [2.05, 4.69) is 5.32 Å². The first kappa shape index (κ1) is 11.2. The zero-order chi connectivity index (χ0) is 8.36. The van der Waals surface area contributed by atoms with Gasteiger partial charge in [-0.05, 0) is 0 Å². The van der Waals surface area contributed by atoms with Crippen molar-refractivity contribution in [3.8, 4) is 0 Å². The summed E-state index contributed by atoms with van der Waals surface area (Å²) < 4.78 is -1.84. The van der Waals surface area contributed by atoms with Crippen molar-refractivity contribution in [3.63, 3.8) is 0 Å². The van der Waals surface area contributed by atoms with Gasteiger partial charge in [-0.3, -0.25) is 4.79 Å². The Balaban J connectivity index is 3.85. The lowest BCUT2D eigenvalue weighted by Crippen LogP contribution is -2.38. The van der Waals surface area contributed by atoms with Crippen LogP contribution in [-0.2, 0) is 0 Å². The molecule has 1 atom stereocenters. The monoisotopic (exact) mass is 237 g/mol. The summed E-state index contributed by atoms with van der Waals surface area (Å²) in [5, 5.41) is 2.28. The van der Waals surface area contributed by atoms with Gasteiger partial charge in [0.1, 0.15) is 10.3 Å². The summed E-state index contributed by atoms with van der Waals surface area (Å²) >= 11 is 21.8. The molecule has 10 heavy (non-hydrogen) atoms. The fraction of sp³-hybridized carbons (Fsp3) is 0.667. The molecular formula is C3H4AlCl4NO. The highest BCUT2D eigenvalue weighted by molar-refractivity contribution is 6.70. The highest BCUT2D eigenvalue weighted by Crippen LogP contribution is 2.31. The van der Waals surface area contributed by atoms with Gasteiger partial charge in [0.15, 0.2) is 0 Å². The largest absolute Gasteiger partial charge is 0.354 e. The Morgan fingerprint density at radius 2 is 1.90 bits per heavy atom. The lowest BCUT2D eigenvalue weighted by molar-refractivity contribution is 0.259. The average molecular weight is 239 g/mol. The van der Waals surface area contributed by atoms with Crippen LogP contribution in [-0.4, -0.2) is 30.4 Å². The number of carbonyl (C=O) groups excluding carboxylic acids is 1. The molecule has 0 bridgehead atoms. The number of halogens is 4. The molecule has 0 spiro atoms. The van der Waals surface area contributed by atoms with Crippen LogP contribution in [0.4, 0.5) is 4.79 Å². The summed E-state index contributed by atoms with van der Waals surface area (Å²) in [7, 11) is 0. The van der Waals surface area contributed by atoms with E-state index in [9.17, 15) is 4.79 Å². The molecule has 0 fully saturated rings. The maximum atomic E-state index is 10.4. The topological polar surface area (TPSA) is 29.1 Å². The van der Waals surface area contributed by atoms with Crippen molar-refractivity contribution < 1.29 is 4.79 Å². The van der Waals surface area contributed by atoms with Crippen LogP contribution < -0.4 is 5.32 Å². The molecule has 0 saturated heterocycles. The molecule has 1 unspecified atom stereocenters. The molecule has 0 heterocycles. The molecule has 0 aromatic heterocycles. The minimum atomic E-state index is -1.64. The van der Waals surface area contributed by atoms with E-state index in [1.54, 1.807) is 0 Å². The number of amides is 1. The molecule has 0 aliphatic carbocycles. The van der Waals surface area contributed by atoms with Gasteiger partial charge in [0, 0.05) is 0 Å². The summed E-state index contributed by atoms with van der Waals surface area (Å²) in [6.07, 6.45) is 0. The summed E-state index contributed by atoms with van der Waals surface area (Å²) in [6.45, 7) is 0. The van der Waals surface area contributed by atoms with E-state index in [4.69, 9.17) is 46.4 Å². The minimum absolute atomic E-state index is 0.202. The van der Waals surface area contributed by atoms with E-state index in [0.717, 1.165) is 0 Å². The molecule has 0 aromatic rings. The fourth-order valence-electron chi connectivity index (χ4n) is 0.260. The van der Waals surface area contributed by atoms with E-state index in [0.29, 0.717) is 16.3 Å². The predicted octanol–water partition coefficient (Wildman–Crippen LogP) is 1.26. The zero-order valence-electron chi connectivity index (χ0n) is 5.00. The van der Waals surface area contributed by atoms with Gasteiger partial charge in [-0.1, -0.05) is 46.4 Å².